The highest BCUT2D eigenvalue weighted by molar-refractivity contribution is 7.99. The van der Waals surface area contributed by atoms with Gasteiger partial charge in [-0.3, -0.25) is 4.79 Å². The van der Waals surface area contributed by atoms with Crippen molar-refractivity contribution in [3.63, 3.8) is 0 Å². The third kappa shape index (κ3) is 3.17. The predicted octanol–water partition coefficient (Wildman–Crippen LogP) is -0.548. The molecule has 1 heterocycles. The molecule has 13 heavy (non-hydrogen) atoms. The first-order valence-electron chi connectivity index (χ1n) is 4.29. The smallest absolute Gasteiger partial charge is 0.230 e. The van der Waals surface area contributed by atoms with Crippen LogP contribution in [0.4, 0.5) is 0 Å². The summed E-state index contributed by atoms with van der Waals surface area (Å²) in [7, 11) is 1.67. The van der Waals surface area contributed by atoms with Gasteiger partial charge in [0, 0.05) is 20.2 Å². The van der Waals surface area contributed by atoms with E-state index in [0.717, 1.165) is 13.1 Å². The molecule has 1 fully saturated rings. The van der Waals surface area contributed by atoms with Crippen molar-refractivity contribution >= 4 is 17.7 Å². The van der Waals surface area contributed by atoms with Gasteiger partial charge >= 0.3 is 0 Å². The van der Waals surface area contributed by atoms with Crippen molar-refractivity contribution in [3.05, 3.63) is 0 Å². The summed E-state index contributed by atoms with van der Waals surface area (Å²) in [5.74, 6) is 0.607. The van der Waals surface area contributed by atoms with Crippen molar-refractivity contribution in [1.82, 2.24) is 10.6 Å². The molecular formula is C8H16N2O2S. The second-order valence-corrected chi connectivity index (χ2v) is 3.91. The second kappa shape index (κ2) is 5.47. The lowest BCUT2D eigenvalue weighted by Crippen LogP contribution is -2.44. The summed E-state index contributed by atoms with van der Waals surface area (Å²) >= 11 is 1.53. The topological polar surface area (TPSA) is 50.4 Å². The van der Waals surface area contributed by atoms with Crippen LogP contribution in [-0.4, -0.2) is 50.3 Å². The first-order chi connectivity index (χ1) is 6.27. The Morgan fingerprint density at radius 3 is 3.08 bits per heavy atom. The number of carbonyl (C=O) groups excluding carboxylic acids is 1. The molecule has 0 aromatic heterocycles. The summed E-state index contributed by atoms with van der Waals surface area (Å²) in [5.41, 5.74) is 0. The van der Waals surface area contributed by atoms with Crippen LogP contribution in [0.15, 0.2) is 0 Å². The molecule has 0 aromatic rings. The Morgan fingerprint density at radius 2 is 2.46 bits per heavy atom. The minimum absolute atomic E-state index is 0.0863. The molecule has 76 valence electrons. The van der Waals surface area contributed by atoms with E-state index in [1.54, 1.807) is 7.11 Å². The fraction of sp³-hybridized carbons (Fsp3) is 0.875. The van der Waals surface area contributed by atoms with Gasteiger partial charge in [-0.25, -0.2) is 0 Å². The Hall–Kier alpha value is -0.260. The van der Waals surface area contributed by atoms with Crippen LogP contribution in [0.2, 0.25) is 0 Å². The molecule has 1 unspecified atom stereocenters. The van der Waals surface area contributed by atoms with E-state index in [2.05, 4.69) is 10.6 Å². The normalized spacial score (nSPS) is 27.5. The zero-order valence-electron chi connectivity index (χ0n) is 8.00. The van der Waals surface area contributed by atoms with Crippen LogP contribution in [0.1, 0.15) is 0 Å². The number of rotatable bonds is 4. The van der Waals surface area contributed by atoms with Crippen molar-refractivity contribution in [3.8, 4) is 0 Å². The molecule has 2 atom stereocenters. The summed E-state index contributed by atoms with van der Waals surface area (Å²) in [6, 6.07) is 0.129. The van der Waals surface area contributed by atoms with Crippen LogP contribution >= 0.6 is 11.8 Å². The van der Waals surface area contributed by atoms with E-state index < -0.39 is 0 Å². The molecule has 4 nitrogen and oxygen atoms in total. The number of hydrogen-bond acceptors (Lipinski definition) is 4. The maximum absolute atomic E-state index is 11.2. The van der Waals surface area contributed by atoms with Gasteiger partial charge in [0.1, 0.15) is 0 Å². The Morgan fingerprint density at radius 1 is 1.69 bits per heavy atom. The lowest BCUT2D eigenvalue weighted by Gasteiger charge is -2.18. The zero-order valence-corrected chi connectivity index (χ0v) is 8.82. The van der Waals surface area contributed by atoms with Gasteiger partial charge in [-0.2, -0.15) is 11.8 Å². The largest absolute Gasteiger partial charge is 0.378 e. The summed E-state index contributed by atoms with van der Waals surface area (Å²) in [6.07, 6.45) is 2.03. The van der Waals surface area contributed by atoms with Gasteiger partial charge in [0.15, 0.2) is 0 Å². The average molecular weight is 204 g/mol. The number of thioether (sulfide) groups is 1. The second-order valence-electron chi connectivity index (χ2n) is 3.04. The molecule has 5 heteroatoms. The first kappa shape index (κ1) is 10.8. The minimum atomic E-state index is 0.0863. The molecule has 2 N–H and O–H groups in total. The van der Waals surface area contributed by atoms with Crippen LogP contribution in [0.25, 0.3) is 0 Å². The monoisotopic (exact) mass is 204 g/mol. The van der Waals surface area contributed by atoms with E-state index in [9.17, 15) is 4.79 Å². The van der Waals surface area contributed by atoms with Crippen molar-refractivity contribution in [2.24, 2.45) is 0 Å². The van der Waals surface area contributed by atoms with E-state index in [-0.39, 0.29) is 18.1 Å². The highest BCUT2D eigenvalue weighted by Gasteiger charge is 2.27. The maximum Gasteiger partial charge on any atom is 0.230 e. The number of amides is 1. The van der Waals surface area contributed by atoms with Gasteiger partial charge in [-0.15, -0.1) is 0 Å². The lowest BCUT2D eigenvalue weighted by atomic mass is 10.2. The van der Waals surface area contributed by atoms with Crippen molar-refractivity contribution in [2.45, 2.75) is 12.1 Å². The minimum Gasteiger partial charge on any atom is -0.378 e. The number of nitrogens with one attached hydrogen (secondary N) is 2. The van der Waals surface area contributed by atoms with E-state index in [4.69, 9.17) is 4.74 Å². The van der Waals surface area contributed by atoms with E-state index in [1.807, 2.05) is 6.26 Å². The molecule has 0 saturated carbocycles. The van der Waals surface area contributed by atoms with Crippen molar-refractivity contribution < 1.29 is 9.53 Å². The molecule has 0 aromatic carbocycles. The summed E-state index contributed by atoms with van der Waals surface area (Å²) < 4.78 is 5.22. The summed E-state index contributed by atoms with van der Waals surface area (Å²) in [5, 5.41) is 6.11. The molecule has 1 rings (SSSR count). The maximum atomic E-state index is 11.2. The molecule has 1 aliphatic heterocycles. The first-order valence-corrected chi connectivity index (χ1v) is 5.69. The van der Waals surface area contributed by atoms with Gasteiger partial charge in [0.05, 0.1) is 17.9 Å². The summed E-state index contributed by atoms with van der Waals surface area (Å²) in [6.45, 7) is 1.62. The third-order valence-corrected chi connectivity index (χ3v) is 2.63. The van der Waals surface area contributed by atoms with Crippen LogP contribution in [-0.2, 0) is 9.53 Å². The number of methoxy groups -OCH3 is 1. The molecule has 0 radical (unpaired) electrons. The standard InChI is InChI=1S/C8H16N2O2S/c1-12-7-4-9-3-6(7)10-8(11)5-13-2/h6-7,9H,3-5H2,1-2H3,(H,10,11)/t6?,7-/m0/s1. The number of hydrogen-bond donors (Lipinski definition) is 2. The Bertz CT molecular complexity index is 178. The molecular weight excluding hydrogens is 188 g/mol. The predicted molar refractivity (Wildman–Crippen MR) is 54.0 cm³/mol. The zero-order chi connectivity index (χ0) is 9.68. The average Bonchev–Trinajstić information content (AvgIpc) is 2.52. The van der Waals surface area contributed by atoms with Crippen LogP contribution in [0.5, 0.6) is 0 Å². The number of carbonyl (C=O) groups is 1. The molecule has 0 aliphatic carbocycles. The molecule has 1 saturated heterocycles. The molecule has 1 amide bonds. The molecule has 0 spiro atoms. The van der Waals surface area contributed by atoms with E-state index in [0.29, 0.717) is 5.75 Å². The summed E-state index contributed by atoms with van der Waals surface area (Å²) in [4.78, 5) is 11.2. The lowest BCUT2D eigenvalue weighted by molar-refractivity contribution is -0.119. The highest BCUT2D eigenvalue weighted by Crippen LogP contribution is 2.03. The Balaban J connectivity index is 2.30. The van der Waals surface area contributed by atoms with Gasteiger partial charge in [0.2, 0.25) is 5.91 Å². The van der Waals surface area contributed by atoms with Crippen molar-refractivity contribution in [2.75, 3.05) is 32.2 Å². The molecule has 1 aliphatic rings. The van der Waals surface area contributed by atoms with E-state index >= 15 is 0 Å². The van der Waals surface area contributed by atoms with Gasteiger partial charge < -0.3 is 15.4 Å². The fourth-order valence-electron chi connectivity index (χ4n) is 1.43. The van der Waals surface area contributed by atoms with Crippen LogP contribution in [0, 0.1) is 0 Å². The third-order valence-electron chi connectivity index (χ3n) is 2.08. The Kier molecular flexibility index (Phi) is 4.55. The molecule has 0 bridgehead atoms. The number of ether oxygens (including phenoxy) is 1. The quantitative estimate of drug-likeness (QED) is 0.645. The Labute approximate surface area is 82.8 Å². The highest BCUT2D eigenvalue weighted by atomic mass is 32.2. The van der Waals surface area contributed by atoms with Crippen LogP contribution in [0.3, 0.4) is 0 Å². The van der Waals surface area contributed by atoms with Gasteiger partial charge in [-0.05, 0) is 6.26 Å². The van der Waals surface area contributed by atoms with Crippen LogP contribution < -0.4 is 10.6 Å². The SMILES string of the molecule is CO[C@H]1CNCC1NC(=O)CSC. The van der Waals surface area contributed by atoms with E-state index in [1.165, 1.54) is 11.8 Å². The fourth-order valence-corrected chi connectivity index (χ4v) is 1.77. The van der Waals surface area contributed by atoms with Gasteiger partial charge in [-0.1, -0.05) is 0 Å². The van der Waals surface area contributed by atoms with Gasteiger partial charge in [0.25, 0.3) is 0 Å². The van der Waals surface area contributed by atoms with Crippen molar-refractivity contribution in [1.29, 1.82) is 0 Å².